The summed E-state index contributed by atoms with van der Waals surface area (Å²) in [7, 11) is 0. The van der Waals surface area contributed by atoms with Crippen molar-refractivity contribution in [1.82, 2.24) is 4.90 Å². The van der Waals surface area contributed by atoms with Crippen molar-refractivity contribution in [3.63, 3.8) is 0 Å². The molecule has 0 aromatic heterocycles. The van der Waals surface area contributed by atoms with Crippen LogP contribution in [0, 0.1) is 5.41 Å². The van der Waals surface area contributed by atoms with Crippen LogP contribution in [0.15, 0.2) is 0 Å². The van der Waals surface area contributed by atoms with Gasteiger partial charge in [-0.2, -0.15) is 0 Å². The Morgan fingerprint density at radius 2 is 1.53 bits per heavy atom. The van der Waals surface area contributed by atoms with E-state index >= 15 is 0 Å². The number of nitrogens with two attached hydrogens (primary N) is 1. The van der Waals surface area contributed by atoms with Gasteiger partial charge in [0.1, 0.15) is 0 Å². The first-order chi connectivity index (χ1) is 8.11. The molecule has 1 spiro atoms. The highest BCUT2D eigenvalue weighted by Gasteiger charge is 2.43. The second-order valence-electron chi connectivity index (χ2n) is 6.63. The molecule has 2 nitrogen and oxygen atoms in total. The molecule has 0 bridgehead atoms. The lowest BCUT2D eigenvalue weighted by Crippen LogP contribution is -2.61. The summed E-state index contributed by atoms with van der Waals surface area (Å²) in [6.07, 6.45) is 11.0. The molecule has 1 saturated heterocycles. The standard InChI is InChI=1S/C15H30N2/c1-3-15(16,4-2)13-17-11-14(12-17)9-7-5-6-8-10-14/h3-13,16H2,1-2H3. The van der Waals surface area contributed by atoms with Gasteiger partial charge in [-0.3, -0.25) is 0 Å². The fraction of sp³-hybridized carbons (Fsp3) is 1.00. The Morgan fingerprint density at radius 1 is 1.00 bits per heavy atom. The van der Waals surface area contributed by atoms with Gasteiger partial charge in [0.15, 0.2) is 0 Å². The highest BCUT2D eigenvalue weighted by Crippen LogP contribution is 2.43. The van der Waals surface area contributed by atoms with Gasteiger partial charge >= 0.3 is 0 Å². The summed E-state index contributed by atoms with van der Waals surface area (Å²) in [4.78, 5) is 2.61. The van der Waals surface area contributed by atoms with Crippen molar-refractivity contribution in [2.45, 2.75) is 70.8 Å². The minimum absolute atomic E-state index is 0.0618. The van der Waals surface area contributed by atoms with Gasteiger partial charge in [0, 0.05) is 25.2 Å². The molecule has 2 N–H and O–H groups in total. The van der Waals surface area contributed by atoms with Crippen molar-refractivity contribution >= 4 is 0 Å². The second-order valence-corrected chi connectivity index (χ2v) is 6.63. The Kier molecular flexibility index (Phi) is 4.14. The van der Waals surface area contributed by atoms with Crippen molar-refractivity contribution in [3.05, 3.63) is 0 Å². The highest BCUT2D eigenvalue weighted by molar-refractivity contribution is 4.99. The summed E-state index contributed by atoms with van der Waals surface area (Å²) in [6, 6.07) is 0. The third-order valence-electron chi connectivity index (χ3n) is 5.23. The third kappa shape index (κ3) is 3.03. The number of likely N-dealkylation sites (tertiary alicyclic amines) is 1. The zero-order valence-electron chi connectivity index (χ0n) is 11.8. The Balaban J connectivity index is 1.81. The predicted octanol–water partition coefficient (Wildman–Crippen LogP) is 3.16. The van der Waals surface area contributed by atoms with Crippen molar-refractivity contribution in [3.8, 4) is 0 Å². The smallest absolute Gasteiger partial charge is 0.0278 e. The average Bonchev–Trinajstić information content (AvgIpc) is 2.54. The van der Waals surface area contributed by atoms with E-state index in [9.17, 15) is 0 Å². The summed E-state index contributed by atoms with van der Waals surface area (Å²) in [5.74, 6) is 0. The lowest BCUT2D eigenvalue weighted by Gasteiger charge is -2.53. The van der Waals surface area contributed by atoms with Crippen LogP contribution >= 0.6 is 0 Å². The van der Waals surface area contributed by atoms with Gasteiger partial charge in [-0.15, -0.1) is 0 Å². The molecule has 2 aliphatic rings. The summed E-state index contributed by atoms with van der Waals surface area (Å²) < 4.78 is 0. The van der Waals surface area contributed by atoms with Crippen molar-refractivity contribution < 1.29 is 0 Å². The average molecular weight is 238 g/mol. The molecule has 0 aromatic rings. The van der Waals surface area contributed by atoms with Crippen LogP contribution in [0.25, 0.3) is 0 Å². The van der Waals surface area contributed by atoms with E-state index in [4.69, 9.17) is 5.73 Å². The molecule has 0 radical (unpaired) electrons. The van der Waals surface area contributed by atoms with Gasteiger partial charge < -0.3 is 10.6 Å². The quantitative estimate of drug-likeness (QED) is 0.815. The molecule has 2 fully saturated rings. The van der Waals surface area contributed by atoms with E-state index in [0.29, 0.717) is 5.41 Å². The largest absolute Gasteiger partial charge is 0.324 e. The molecule has 17 heavy (non-hydrogen) atoms. The highest BCUT2D eigenvalue weighted by atomic mass is 15.2. The van der Waals surface area contributed by atoms with E-state index in [1.165, 1.54) is 51.6 Å². The molecule has 2 rings (SSSR count). The molecular weight excluding hydrogens is 208 g/mol. The fourth-order valence-corrected chi connectivity index (χ4v) is 3.73. The lowest BCUT2D eigenvalue weighted by atomic mass is 9.72. The Bertz CT molecular complexity index is 229. The molecule has 1 aliphatic carbocycles. The third-order valence-corrected chi connectivity index (χ3v) is 5.23. The molecule has 2 heteroatoms. The second kappa shape index (κ2) is 5.27. The normalized spacial score (nSPS) is 25.6. The minimum atomic E-state index is 0.0618. The van der Waals surface area contributed by atoms with E-state index < -0.39 is 0 Å². The molecule has 0 amide bonds. The monoisotopic (exact) mass is 238 g/mol. The maximum atomic E-state index is 6.41. The first-order valence-electron chi connectivity index (χ1n) is 7.63. The van der Waals surface area contributed by atoms with Gasteiger partial charge in [0.25, 0.3) is 0 Å². The number of rotatable bonds is 4. The Hall–Kier alpha value is -0.0800. The Morgan fingerprint density at radius 3 is 2.00 bits per heavy atom. The topological polar surface area (TPSA) is 29.3 Å². The Labute approximate surface area is 107 Å². The van der Waals surface area contributed by atoms with Crippen molar-refractivity contribution in [1.29, 1.82) is 0 Å². The van der Waals surface area contributed by atoms with Crippen LogP contribution in [0.5, 0.6) is 0 Å². The number of nitrogens with zero attached hydrogens (tertiary/aromatic N) is 1. The predicted molar refractivity (Wildman–Crippen MR) is 74.1 cm³/mol. The maximum Gasteiger partial charge on any atom is 0.0278 e. The maximum absolute atomic E-state index is 6.41. The first kappa shape index (κ1) is 13.4. The van der Waals surface area contributed by atoms with E-state index in [0.717, 1.165) is 19.4 Å². The zero-order chi connectivity index (χ0) is 12.4. The van der Waals surface area contributed by atoms with Crippen LogP contribution in [-0.2, 0) is 0 Å². The van der Waals surface area contributed by atoms with Crippen LogP contribution in [0.1, 0.15) is 65.2 Å². The molecule has 100 valence electrons. The van der Waals surface area contributed by atoms with Crippen LogP contribution in [-0.4, -0.2) is 30.1 Å². The molecule has 1 saturated carbocycles. The first-order valence-corrected chi connectivity index (χ1v) is 7.63. The lowest BCUT2D eigenvalue weighted by molar-refractivity contribution is -0.0260. The van der Waals surface area contributed by atoms with E-state index in [-0.39, 0.29) is 5.54 Å². The molecule has 0 aromatic carbocycles. The van der Waals surface area contributed by atoms with Crippen LogP contribution in [0.2, 0.25) is 0 Å². The van der Waals surface area contributed by atoms with E-state index in [1.54, 1.807) is 0 Å². The zero-order valence-corrected chi connectivity index (χ0v) is 11.8. The van der Waals surface area contributed by atoms with Gasteiger partial charge in [-0.05, 0) is 31.1 Å². The molecule has 0 unspecified atom stereocenters. The fourth-order valence-electron chi connectivity index (χ4n) is 3.73. The van der Waals surface area contributed by atoms with E-state index in [2.05, 4.69) is 18.7 Å². The van der Waals surface area contributed by atoms with Gasteiger partial charge in [0.2, 0.25) is 0 Å². The number of hydrogen-bond donors (Lipinski definition) is 1. The summed E-state index contributed by atoms with van der Waals surface area (Å²) in [6.45, 7) is 8.22. The number of hydrogen-bond acceptors (Lipinski definition) is 2. The van der Waals surface area contributed by atoms with Crippen molar-refractivity contribution in [2.24, 2.45) is 11.1 Å². The summed E-state index contributed by atoms with van der Waals surface area (Å²) >= 11 is 0. The summed E-state index contributed by atoms with van der Waals surface area (Å²) in [5, 5.41) is 0. The minimum Gasteiger partial charge on any atom is -0.324 e. The SMILES string of the molecule is CCC(N)(CC)CN1CC2(CCCCCC2)C1. The van der Waals surface area contributed by atoms with Gasteiger partial charge in [-0.1, -0.05) is 39.5 Å². The van der Waals surface area contributed by atoms with E-state index in [1.807, 2.05) is 0 Å². The van der Waals surface area contributed by atoms with Crippen LogP contribution in [0.4, 0.5) is 0 Å². The van der Waals surface area contributed by atoms with Gasteiger partial charge in [-0.25, -0.2) is 0 Å². The molecule has 1 heterocycles. The summed E-state index contributed by atoms with van der Waals surface area (Å²) in [5.41, 5.74) is 7.17. The molecule has 1 aliphatic heterocycles. The molecular formula is C15H30N2. The van der Waals surface area contributed by atoms with Crippen molar-refractivity contribution in [2.75, 3.05) is 19.6 Å². The molecule has 0 atom stereocenters. The van der Waals surface area contributed by atoms with Gasteiger partial charge in [0.05, 0.1) is 0 Å². The van der Waals surface area contributed by atoms with Crippen LogP contribution < -0.4 is 5.73 Å². The van der Waals surface area contributed by atoms with Crippen LogP contribution in [0.3, 0.4) is 0 Å².